The number of hydrogen-bond acceptors (Lipinski definition) is 5. The first-order valence-corrected chi connectivity index (χ1v) is 13.2. The molecule has 1 aromatic carbocycles. The third-order valence-corrected chi connectivity index (χ3v) is 7.07. The van der Waals surface area contributed by atoms with Crippen molar-refractivity contribution in [3.05, 3.63) is 98.6 Å². The Balaban J connectivity index is 1.57. The van der Waals surface area contributed by atoms with Crippen LogP contribution < -0.4 is 10.1 Å². The van der Waals surface area contributed by atoms with Crippen LogP contribution in [0.25, 0.3) is 0 Å². The molecule has 0 fully saturated rings. The Labute approximate surface area is 230 Å². The van der Waals surface area contributed by atoms with Crippen molar-refractivity contribution in [3.63, 3.8) is 0 Å². The number of halogens is 3. The molecule has 37 heavy (non-hydrogen) atoms. The number of benzene rings is 1. The predicted octanol–water partition coefficient (Wildman–Crippen LogP) is 8.12. The maximum atomic E-state index is 15.2. The van der Waals surface area contributed by atoms with E-state index in [0.29, 0.717) is 32.7 Å². The summed E-state index contributed by atoms with van der Waals surface area (Å²) in [6.07, 6.45) is 13.0. The molecule has 0 bridgehead atoms. The Morgan fingerprint density at radius 3 is 2.89 bits per heavy atom. The van der Waals surface area contributed by atoms with E-state index in [-0.39, 0.29) is 11.6 Å². The topological polar surface area (TPSA) is 62.1 Å². The number of ether oxygens (including phenoxy) is 1. The number of fused-ring (bicyclic) bond motifs is 1. The Morgan fingerprint density at radius 1 is 1.32 bits per heavy atom. The molecule has 2 aliphatic heterocycles. The summed E-state index contributed by atoms with van der Waals surface area (Å²) < 4.78 is 21.9. The lowest BCUT2D eigenvalue weighted by atomic mass is 9.99. The minimum Gasteiger partial charge on any atom is -0.457 e. The Morgan fingerprint density at radius 2 is 2.14 bits per heavy atom. The van der Waals surface area contributed by atoms with E-state index in [9.17, 15) is 0 Å². The molecule has 192 valence electrons. The number of rotatable bonds is 7. The first-order chi connectivity index (χ1) is 17.8. The minimum atomic E-state index is -0.489. The molecule has 0 saturated carbocycles. The smallest absolute Gasteiger partial charge is 0.156 e. The lowest BCUT2D eigenvalue weighted by molar-refractivity contribution is 0.415. The van der Waals surface area contributed by atoms with E-state index >= 15 is 4.39 Å². The summed E-state index contributed by atoms with van der Waals surface area (Å²) in [7, 11) is 0. The molecule has 0 amide bonds. The van der Waals surface area contributed by atoms with Crippen LogP contribution in [-0.2, 0) is 0 Å². The zero-order chi connectivity index (χ0) is 26.5. The highest BCUT2D eigenvalue weighted by Crippen LogP contribution is 2.30. The third kappa shape index (κ3) is 6.37. The number of nitrogens with zero attached hydrogens (tertiary/aromatic N) is 4. The van der Waals surface area contributed by atoms with Crippen LogP contribution in [-0.4, -0.2) is 22.0 Å². The molecular formula is C28H28BrClFN5O. The second kappa shape index (κ2) is 11.9. The molecule has 0 aliphatic carbocycles. The van der Waals surface area contributed by atoms with Crippen molar-refractivity contribution in [2.75, 3.05) is 5.32 Å². The molecular weight excluding hydrogens is 557 g/mol. The Hall–Kier alpha value is -3.23. The van der Waals surface area contributed by atoms with Crippen LogP contribution in [0.5, 0.6) is 5.75 Å². The molecule has 9 heteroatoms. The Kier molecular flexibility index (Phi) is 8.61. The third-order valence-electron chi connectivity index (χ3n) is 5.95. The highest BCUT2D eigenvalue weighted by Gasteiger charge is 2.20. The van der Waals surface area contributed by atoms with Crippen LogP contribution in [0.2, 0.25) is 5.15 Å². The standard InChI is InChI=1S/C28H28BrClFN5O/c1-5-6-7-11-32-28(26-17(2)13-22(29)27(30)35-26)34-24-9-8-20(14-23(24)31)37-21-10-12-36-25(15-21)19(4)18(3)16-33-36/h7-16,18H,5-6H2,1-4H3,(H,32,34)/b11-7+. The summed E-state index contributed by atoms with van der Waals surface area (Å²) in [4.78, 5) is 8.97. The zero-order valence-electron chi connectivity index (χ0n) is 21.1. The van der Waals surface area contributed by atoms with Crippen molar-refractivity contribution >= 4 is 45.3 Å². The maximum absolute atomic E-state index is 15.2. The lowest BCUT2D eigenvalue weighted by Crippen LogP contribution is -2.22. The minimum absolute atomic E-state index is 0.239. The highest BCUT2D eigenvalue weighted by molar-refractivity contribution is 9.10. The monoisotopic (exact) mass is 583 g/mol. The van der Waals surface area contributed by atoms with Crippen LogP contribution in [0.15, 0.2) is 86.5 Å². The van der Waals surface area contributed by atoms with E-state index in [1.165, 1.54) is 11.6 Å². The van der Waals surface area contributed by atoms with Gasteiger partial charge in [0.25, 0.3) is 0 Å². The van der Waals surface area contributed by atoms with Gasteiger partial charge in [0.2, 0.25) is 0 Å². The first kappa shape index (κ1) is 26.8. The highest BCUT2D eigenvalue weighted by atomic mass is 79.9. The number of anilines is 1. The number of nitrogens with one attached hydrogen (secondary N) is 1. The summed E-state index contributed by atoms with van der Waals surface area (Å²) in [5.41, 5.74) is 3.75. The van der Waals surface area contributed by atoms with E-state index in [1.807, 2.05) is 37.6 Å². The van der Waals surface area contributed by atoms with Gasteiger partial charge >= 0.3 is 0 Å². The number of aliphatic imine (C=N–C) groups is 1. The van der Waals surface area contributed by atoms with E-state index < -0.39 is 5.82 Å². The molecule has 0 saturated heterocycles. The van der Waals surface area contributed by atoms with Gasteiger partial charge in [0.1, 0.15) is 28.2 Å². The second-order valence-electron chi connectivity index (χ2n) is 8.77. The van der Waals surface area contributed by atoms with Gasteiger partial charge in [-0.25, -0.2) is 19.4 Å². The van der Waals surface area contributed by atoms with Gasteiger partial charge in [-0.2, -0.15) is 5.10 Å². The number of allylic oxidation sites excluding steroid dienone is 4. The molecule has 1 unspecified atom stereocenters. The average Bonchev–Trinajstić information content (AvgIpc) is 2.87. The van der Waals surface area contributed by atoms with E-state index in [0.717, 1.165) is 24.1 Å². The van der Waals surface area contributed by atoms with Crippen LogP contribution in [0.1, 0.15) is 44.9 Å². The molecule has 1 atom stereocenters. The van der Waals surface area contributed by atoms with Crippen molar-refractivity contribution in [1.82, 2.24) is 9.99 Å². The number of pyridine rings is 1. The Bertz CT molecular complexity index is 1380. The fourth-order valence-electron chi connectivity index (χ4n) is 3.69. The molecule has 2 aromatic rings. The van der Waals surface area contributed by atoms with Crippen molar-refractivity contribution in [2.45, 2.75) is 40.5 Å². The number of amidine groups is 1. The second-order valence-corrected chi connectivity index (χ2v) is 9.99. The van der Waals surface area contributed by atoms with Gasteiger partial charge < -0.3 is 10.1 Å². The predicted molar refractivity (Wildman–Crippen MR) is 152 cm³/mol. The summed E-state index contributed by atoms with van der Waals surface area (Å²) in [5, 5.41) is 9.59. The summed E-state index contributed by atoms with van der Waals surface area (Å²) in [5.74, 6) is 1.11. The fraction of sp³-hybridized carbons (Fsp3) is 0.250. The molecule has 3 heterocycles. The number of aromatic nitrogens is 1. The first-order valence-electron chi connectivity index (χ1n) is 12.0. The number of hydrogen-bond donors (Lipinski definition) is 1. The summed E-state index contributed by atoms with van der Waals surface area (Å²) in [6.45, 7) is 8.14. The SMILES string of the molecule is CCC/C=C/N=C(Nc1ccc(OC2=CC3=C(C)C(C)C=NN3C=C2)cc1F)c1nc(Cl)c(Br)cc1C. The lowest BCUT2D eigenvalue weighted by Gasteiger charge is -2.28. The van der Waals surface area contributed by atoms with Crippen molar-refractivity contribution in [2.24, 2.45) is 16.0 Å². The molecule has 2 aliphatic rings. The quantitative estimate of drug-likeness (QED) is 0.203. The van der Waals surface area contributed by atoms with Crippen LogP contribution in [0.4, 0.5) is 10.1 Å². The summed E-state index contributed by atoms with van der Waals surface area (Å²) >= 11 is 9.64. The number of aryl methyl sites for hydroxylation is 1. The van der Waals surface area contributed by atoms with Crippen molar-refractivity contribution < 1.29 is 9.13 Å². The van der Waals surface area contributed by atoms with E-state index in [1.54, 1.807) is 29.4 Å². The molecule has 1 N–H and O–H groups in total. The number of unbranched alkanes of at least 4 members (excludes halogenated alkanes) is 1. The van der Waals surface area contributed by atoms with Crippen LogP contribution in [0.3, 0.4) is 0 Å². The van der Waals surface area contributed by atoms with Crippen molar-refractivity contribution in [3.8, 4) is 5.75 Å². The zero-order valence-corrected chi connectivity index (χ0v) is 23.4. The van der Waals surface area contributed by atoms with Gasteiger partial charge in [0, 0.05) is 36.7 Å². The van der Waals surface area contributed by atoms with Crippen molar-refractivity contribution in [1.29, 1.82) is 0 Å². The molecule has 0 spiro atoms. The molecule has 4 rings (SSSR count). The van der Waals surface area contributed by atoms with E-state index in [2.05, 4.69) is 57.1 Å². The van der Waals surface area contributed by atoms with Gasteiger partial charge in [-0.3, -0.25) is 0 Å². The van der Waals surface area contributed by atoms with Gasteiger partial charge in [-0.1, -0.05) is 37.9 Å². The maximum Gasteiger partial charge on any atom is 0.156 e. The largest absolute Gasteiger partial charge is 0.457 e. The fourth-order valence-corrected chi connectivity index (χ4v) is 4.26. The van der Waals surface area contributed by atoms with Gasteiger partial charge in [-0.15, -0.1) is 0 Å². The molecule has 1 aromatic heterocycles. The van der Waals surface area contributed by atoms with Crippen LogP contribution in [0, 0.1) is 18.7 Å². The van der Waals surface area contributed by atoms with Gasteiger partial charge in [-0.05, 0) is 71.6 Å². The molecule has 0 radical (unpaired) electrons. The number of hydrazone groups is 1. The normalized spacial score (nSPS) is 17.4. The summed E-state index contributed by atoms with van der Waals surface area (Å²) in [6, 6.07) is 6.51. The van der Waals surface area contributed by atoms with E-state index in [4.69, 9.17) is 16.3 Å². The van der Waals surface area contributed by atoms with Gasteiger partial charge in [0.05, 0.1) is 15.9 Å². The molecule has 6 nitrogen and oxygen atoms in total. The average molecular weight is 585 g/mol. The van der Waals surface area contributed by atoms with Gasteiger partial charge in [0.15, 0.2) is 5.84 Å². The van der Waals surface area contributed by atoms with Crippen LogP contribution >= 0.6 is 27.5 Å².